The maximum Gasteiger partial charge on any atom is 0.349 e. The van der Waals surface area contributed by atoms with Gasteiger partial charge in [0.15, 0.2) is 0 Å². The molecule has 3 heterocycles. The van der Waals surface area contributed by atoms with E-state index in [0.717, 1.165) is 16.8 Å². The first kappa shape index (κ1) is 21.6. The predicted molar refractivity (Wildman–Crippen MR) is 129 cm³/mol. The fraction of sp³-hybridized carbons (Fsp3) is 0.231. The Kier molecular flexibility index (Phi) is 5.71. The van der Waals surface area contributed by atoms with Crippen molar-refractivity contribution in [2.45, 2.75) is 13.8 Å². The zero-order valence-electron chi connectivity index (χ0n) is 19.0. The lowest BCUT2D eigenvalue weighted by atomic mass is 10.1. The van der Waals surface area contributed by atoms with Gasteiger partial charge in [0.2, 0.25) is 5.88 Å². The molecule has 1 fully saturated rings. The minimum Gasteiger partial charge on any atom is -0.439 e. The second-order valence-electron chi connectivity index (χ2n) is 8.29. The van der Waals surface area contributed by atoms with Crippen molar-refractivity contribution in [3.63, 3.8) is 0 Å². The fourth-order valence-corrected chi connectivity index (χ4v) is 3.99. The number of anilines is 1. The quantitative estimate of drug-likeness (QED) is 0.430. The Morgan fingerprint density at radius 2 is 1.68 bits per heavy atom. The third-order valence-corrected chi connectivity index (χ3v) is 5.81. The van der Waals surface area contributed by atoms with Crippen LogP contribution in [0.4, 0.5) is 5.82 Å². The van der Waals surface area contributed by atoms with Crippen LogP contribution in [0, 0.1) is 13.8 Å². The Morgan fingerprint density at radius 1 is 0.941 bits per heavy atom. The minimum absolute atomic E-state index is 0.0545. The van der Waals surface area contributed by atoms with Gasteiger partial charge in [0.1, 0.15) is 28.5 Å². The van der Waals surface area contributed by atoms with Crippen LogP contribution in [0.25, 0.3) is 11.0 Å². The number of piperazine rings is 1. The van der Waals surface area contributed by atoms with E-state index in [9.17, 15) is 9.59 Å². The lowest BCUT2D eigenvalue weighted by Gasteiger charge is -2.35. The number of rotatable bonds is 4. The van der Waals surface area contributed by atoms with Crippen molar-refractivity contribution in [3.05, 3.63) is 88.0 Å². The molecule has 1 amide bonds. The highest BCUT2D eigenvalue weighted by Gasteiger charge is 2.26. The van der Waals surface area contributed by atoms with Crippen molar-refractivity contribution in [3.8, 4) is 11.6 Å². The number of ether oxygens (including phenoxy) is 1. The van der Waals surface area contributed by atoms with Crippen LogP contribution in [-0.4, -0.2) is 47.0 Å². The Hall–Kier alpha value is -4.20. The highest BCUT2D eigenvalue weighted by Crippen LogP contribution is 2.24. The standard InChI is InChI=1S/C26H24N4O4/c1-17-7-9-20(10-8-17)33-24-16-23(27-18(2)28-24)29-11-13-30(14-12-29)25(31)21-15-19-5-3-4-6-22(19)34-26(21)32/h3-10,15-16H,11-14H2,1-2H3. The summed E-state index contributed by atoms with van der Waals surface area (Å²) in [5.41, 5.74) is 1.06. The summed E-state index contributed by atoms with van der Waals surface area (Å²) in [5, 5.41) is 0.724. The van der Waals surface area contributed by atoms with E-state index in [0.29, 0.717) is 49.2 Å². The zero-order valence-corrected chi connectivity index (χ0v) is 19.0. The average molecular weight is 457 g/mol. The maximum absolute atomic E-state index is 13.0. The molecule has 8 nitrogen and oxygen atoms in total. The number of hydrogen-bond acceptors (Lipinski definition) is 7. The first-order valence-electron chi connectivity index (χ1n) is 11.1. The molecule has 0 spiro atoms. The summed E-state index contributed by atoms with van der Waals surface area (Å²) >= 11 is 0. The Labute approximate surface area is 196 Å². The van der Waals surface area contributed by atoms with E-state index in [4.69, 9.17) is 9.15 Å². The summed E-state index contributed by atoms with van der Waals surface area (Å²) in [6, 6.07) is 18.4. The molecule has 4 aromatic rings. The van der Waals surface area contributed by atoms with Crippen LogP contribution in [0.5, 0.6) is 11.6 Å². The number of benzene rings is 2. The molecule has 172 valence electrons. The molecular formula is C26H24N4O4. The normalized spacial score (nSPS) is 13.8. The molecule has 0 aliphatic carbocycles. The van der Waals surface area contributed by atoms with E-state index in [2.05, 4.69) is 14.9 Å². The van der Waals surface area contributed by atoms with Gasteiger partial charge in [0, 0.05) is 37.6 Å². The number of aryl methyl sites for hydroxylation is 2. The third-order valence-electron chi connectivity index (χ3n) is 5.81. The van der Waals surface area contributed by atoms with Gasteiger partial charge in [0.25, 0.3) is 5.91 Å². The van der Waals surface area contributed by atoms with Crippen molar-refractivity contribution in [1.29, 1.82) is 0 Å². The van der Waals surface area contributed by atoms with Gasteiger partial charge in [0.05, 0.1) is 0 Å². The van der Waals surface area contributed by atoms with Crippen molar-refractivity contribution in [1.82, 2.24) is 14.9 Å². The first-order chi connectivity index (χ1) is 16.5. The van der Waals surface area contributed by atoms with Crippen LogP contribution in [0.15, 0.2) is 69.9 Å². The number of carbonyl (C=O) groups excluding carboxylic acids is 1. The second kappa shape index (κ2) is 8.97. The van der Waals surface area contributed by atoms with Gasteiger partial charge in [-0.2, -0.15) is 4.98 Å². The topological polar surface area (TPSA) is 88.8 Å². The predicted octanol–water partition coefficient (Wildman–Crippen LogP) is 3.95. The van der Waals surface area contributed by atoms with Crippen LogP contribution >= 0.6 is 0 Å². The lowest BCUT2D eigenvalue weighted by Crippen LogP contribution is -2.49. The molecule has 2 aromatic heterocycles. The smallest absolute Gasteiger partial charge is 0.349 e. The largest absolute Gasteiger partial charge is 0.439 e. The average Bonchev–Trinajstić information content (AvgIpc) is 2.84. The molecule has 5 rings (SSSR count). The van der Waals surface area contributed by atoms with Gasteiger partial charge in [-0.1, -0.05) is 35.9 Å². The van der Waals surface area contributed by atoms with Crippen molar-refractivity contribution in [2.24, 2.45) is 0 Å². The molecule has 1 aliphatic rings. The summed E-state index contributed by atoms with van der Waals surface area (Å²) in [5.74, 6) is 2.21. The van der Waals surface area contributed by atoms with E-state index in [1.807, 2.05) is 56.3 Å². The van der Waals surface area contributed by atoms with Crippen molar-refractivity contribution in [2.75, 3.05) is 31.1 Å². The molecule has 34 heavy (non-hydrogen) atoms. The number of fused-ring (bicyclic) bond motifs is 1. The van der Waals surface area contributed by atoms with Crippen LogP contribution in [0.1, 0.15) is 21.7 Å². The number of nitrogens with zero attached hydrogens (tertiary/aromatic N) is 4. The van der Waals surface area contributed by atoms with Crippen LogP contribution in [-0.2, 0) is 0 Å². The van der Waals surface area contributed by atoms with Crippen molar-refractivity contribution < 1.29 is 13.9 Å². The number of hydrogen-bond donors (Lipinski definition) is 0. The van der Waals surface area contributed by atoms with Gasteiger partial charge in [-0.05, 0) is 38.1 Å². The molecule has 0 saturated carbocycles. The highest BCUT2D eigenvalue weighted by molar-refractivity contribution is 5.96. The summed E-state index contributed by atoms with van der Waals surface area (Å²) < 4.78 is 11.3. The Morgan fingerprint density at radius 3 is 2.44 bits per heavy atom. The van der Waals surface area contributed by atoms with Gasteiger partial charge in [-0.3, -0.25) is 4.79 Å². The van der Waals surface area contributed by atoms with Gasteiger partial charge < -0.3 is 19.0 Å². The molecular weight excluding hydrogens is 432 g/mol. The molecule has 8 heteroatoms. The van der Waals surface area contributed by atoms with E-state index in [-0.39, 0.29) is 11.5 Å². The summed E-state index contributed by atoms with van der Waals surface area (Å²) in [6.07, 6.45) is 0. The van der Waals surface area contributed by atoms with E-state index in [1.165, 1.54) is 0 Å². The van der Waals surface area contributed by atoms with E-state index >= 15 is 0 Å². The third kappa shape index (κ3) is 4.47. The van der Waals surface area contributed by atoms with Gasteiger partial charge in [-0.25, -0.2) is 9.78 Å². The molecule has 0 atom stereocenters. The summed E-state index contributed by atoms with van der Waals surface area (Å²) in [6.45, 7) is 5.92. The maximum atomic E-state index is 13.0. The summed E-state index contributed by atoms with van der Waals surface area (Å²) in [7, 11) is 0. The number of carbonyl (C=O) groups is 1. The number of amides is 1. The summed E-state index contributed by atoms with van der Waals surface area (Å²) in [4.78, 5) is 38.1. The molecule has 2 aromatic carbocycles. The monoisotopic (exact) mass is 456 g/mol. The van der Waals surface area contributed by atoms with E-state index in [1.54, 1.807) is 23.1 Å². The molecule has 0 N–H and O–H groups in total. The van der Waals surface area contributed by atoms with Gasteiger partial charge >= 0.3 is 5.63 Å². The Bertz CT molecular complexity index is 1410. The molecule has 0 radical (unpaired) electrons. The molecule has 1 aliphatic heterocycles. The number of aromatic nitrogens is 2. The Balaban J connectivity index is 1.29. The first-order valence-corrected chi connectivity index (χ1v) is 11.1. The van der Waals surface area contributed by atoms with Crippen LogP contribution < -0.4 is 15.3 Å². The minimum atomic E-state index is -0.615. The van der Waals surface area contributed by atoms with E-state index < -0.39 is 5.63 Å². The second-order valence-corrected chi connectivity index (χ2v) is 8.29. The molecule has 0 bridgehead atoms. The SMILES string of the molecule is Cc1ccc(Oc2cc(N3CCN(C(=O)c4cc5ccccc5oc4=O)CC3)nc(C)n2)cc1. The fourth-order valence-electron chi connectivity index (χ4n) is 3.99. The van der Waals surface area contributed by atoms with Crippen molar-refractivity contribution >= 4 is 22.7 Å². The number of para-hydroxylation sites is 1. The zero-order chi connectivity index (χ0) is 23.7. The molecule has 0 unspecified atom stereocenters. The molecule has 1 saturated heterocycles. The highest BCUT2D eigenvalue weighted by atomic mass is 16.5. The van der Waals surface area contributed by atoms with Crippen LogP contribution in [0.3, 0.4) is 0 Å². The lowest BCUT2D eigenvalue weighted by molar-refractivity contribution is 0.0742. The van der Waals surface area contributed by atoms with Gasteiger partial charge in [-0.15, -0.1) is 0 Å². The van der Waals surface area contributed by atoms with Crippen LogP contribution in [0.2, 0.25) is 0 Å².